The molecule has 0 bridgehead atoms. The molecule has 1 amide bonds. The number of nitrogens with one attached hydrogen (secondary N) is 1. The lowest BCUT2D eigenvalue weighted by molar-refractivity contribution is -0.121. The van der Waals surface area contributed by atoms with Gasteiger partial charge >= 0.3 is 0 Å². The van der Waals surface area contributed by atoms with Crippen LogP contribution in [0.2, 0.25) is 0 Å². The predicted octanol–water partition coefficient (Wildman–Crippen LogP) is 1.61. The number of benzene rings is 1. The number of carbonyl (C=O) groups is 1. The first kappa shape index (κ1) is 13.3. The van der Waals surface area contributed by atoms with E-state index in [4.69, 9.17) is 12.2 Å². The van der Waals surface area contributed by atoms with Crippen LogP contribution < -0.4 is 11.1 Å². The Morgan fingerprint density at radius 3 is 2.76 bits per heavy atom. The molecule has 0 fully saturated rings. The van der Waals surface area contributed by atoms with Gasteiger partial charge in [0.2, 0.25) is 5.91 Å². The van der Waals surface area contributed by atoms with E-state index in [1.165, 1.54) is 0 Å². The third kappa shape index (κ3) is 5.19. The fourth-order valence-corrected chi connectivity index (χ4v) is 1.52. The first-order chi connectivity index (χ1) is 8.24. The van der Waals surface area contributed by atoms with Crippen LogP contribution in [0.15, 0.2) is 30.3 Å². The highest BCUT2D eigenvalue weighted by Gasteiger charge is 2.08. The van der Waals surface area contributed by atoms with E-state index in [9.17, 15) is 4.79 Å². The number of amides is 1. The van der Waals surface area contributed by atoms with Crippen molar-refractivity contribution in [3.8, 4) is 12.3 Å². The topological polar surface area (TPSA) is 55.1 Å². The summed E-state index contributed by atoms with van der Waals surface area (Å²) in [5.41, 5.74) is 7.04. The molecule has 0 heterocycles. The fraction of sp³-hybridized carbons (Fsp3) is 0.357. The molecule has 0 aliphatic rings. The predicted molar refractivity (Wildman–Crippen MR) is 69.1 cm³/mol. The van der Waals surface area contributed by atoms with E-state index in [0.717, 1.165) is 5.56 Å². The standard InChI is InChI=1S/C14H18N2O/c1-2-3-11-16-14(17)10-9-13(15)12-7-5-4-6-8-12/h1,4-8,13H,3,9-11,15H2,(H,16,17). The molecule has 1 atom stereocenters. The number of hydrogen-bond donors (Lipinski definition) is 2. The molecule has 0 saturated carbocycles. The van der Waals surface area contributed by atoms with Crippen molar-refractivity contribution in [2.45, 2.75) is 25.3 Å². The molecule has 3 N–H and O–H groups in total. The van der Waals surface area contributed by atoms with Crippen LogP contribution in [0.3, 0.4) is 0 Å². The van der Waals surface area contributed by atoms with Gasteiger partial charge in [-0.3, -0.25) is 4.79 Å². The number of carbonyl (C=O) groups excluding carboxylic acids is 1. The van der Waals surface area contributed by atoms with Crippen LogP contribution in [0.5, 0.6) is 0 Å². The summed E-state index contributed by atoms with van der Waals surface area (Å²) in [5, 5.41) is 2.75. The maximum Gasteiger partial charge on any atom is 0.220 e. The summed E-state index contributed by atoms with van der Waals surface area (Å²) in [6, 6.07) is 9.70. The fourth-order valence-electron chi connectivity index (χ4n) is 1.52. The lowest BCUT2D eigenvalue weighted by Gasteiger charge is -2.11. The highest BCUT2D eigenvalue weighted by atomic mass is 16.1. The van der Waals surface area contributed by atoms with Gasteiger partial charge in [0.05, 0.1) is 0 Å². The molecule has 0 radical (unpaired) electrons. The maximum absolute atomic E-state index is 11.4. The van der Waals surface area contributed by atoms with Gasteiger partial charge in [-0.05, 0) is 12.0 Å². The minimum atomic E-state index is -0.0883. The molecule has 1 aromatic carbocycles. The SMILES string of the molecule is C#CCCNC(=O)CCC(N)c1ccccc1. The molecule has 90 valence electrons. The van der Waals surface area contributed by atoms with Crippen molar-refractivity contribution < 1.29 is 4.79 Å². The van der Waals surface area contributed by atoms with Crippen molar-refractivity contribution in [1.82, 2.24) is 5.32 Å². The molecule has 0 saturated heterocycles. The monoisotopic (exact) mass is 230 g/mol. The van der Waals surface area contributed by atoms with E-state index in [-0.39, 0.29) is 11.9 Å². The summed E-state index contributed by atoms with van der Waals surface area (Å²) >= 11 is 0. The van der Waals surface area contributed by atoms with Gasteiger partial charge in [0.15, 0.2) is 0 Å². The minimum absolute atomic E-state index is 0.00614. The lowest BCUT2D eigenvalue weighted by atomic mass is 10.0. The second-order valence-electron chi connectivity index (χ2n) is 3.86. The van der Waals surface area contributed by atoms with Crippen molar-refractivity contribution in [2.24, 2.45) is 5.73 Å². The van der Waals surface area contributed by atoms with E-state index < -0.39 is 0 Å². The maximum atomic E-state index is 11.4. The molecule has 17 heavy (non-hydrogen) atoms. The average Bonchev–Trinajstić information content (AvgIpc) is 2.37. The van der Waals surface area contributed by atoms with Crippen LogP contribution in [0.4, 0.5) is 0 Å². The molecule has 0 aliphatic heterocycles. The molecule has 3 nitrogen and oxygen atoms in total. The number of rotatable bonds is 6. The molecule has 3 heteroatoms. The Kier molecular flexibility index (Phi) is 5.84. The van der Waals surface area contributed by atoms with Gasteiger partial charge in [-0.1, -0.05) is 30.3 Å². The zero-order valence-electron chi connectivity index (χ0n) is 9.86. The largest absolute Gasteiger partial charge is 0.355 e. The van der Waals surface area contributed by atoms with Crippen molar-refractivity contribution in [3.63, 3.8) is 0 Å². The lowest BCUT2D eigenvalue weighted by Crippen LogP contribution is -2.25. The minimum Gasteiger partial charge on any atom is -0.355 e. The highest BCUT2D eigenvalue weighted by molar-refractivity contribution is 5.75. The van der Waals surface area contributed by atoms with E-state index >= 15 is 0 Å². The summed E-state index contributed by atoms with van der Waals surface area (Å²) in [7, 11) is 0. The van der Waals surface area contributed by atoms with Gasteiger partial charge in [0.25, 0.3) is 0 Å². The molecular formula is C14H18N2O. The Bertz CT molecular complexity index is 381. The molecule has 0 aliphatic carbocycles. The zero-order chi connectivity index (χ0) is 12.5. The van der Waals surface area contributed by atoms with E-state index in [1.807, 2.05) is 30.3 Å². The number of nitrogens with two attached hydrogens (primary N) is 1. The summed E-state index contributed by atoms with van der Waals surface area (Å²) in [6.07, 6.45) is 6.73. The number of terminal acetylenes is 1. The van der Waals surface area contributed by atoms with Crippen LogP contribution in [0.25, 0.3) is 0 Å². The van der Waals surface area contributed by atoms with Gasteiger partial charge in [0, 0.05) is 25.4 Å². The zero-order valence-corrected chi connectivity index (χ0v) is 9.86. The van der Waals surface area contributed by atoms with Crippen molar-refractivity contribution in [3.05, 3.63) is 35.9 Å². The molecular weight excluding hydrogens is 212 g/mol. The van der Waals surface area contributed by atoms with Gasteiger partial charge in [-0.25, -0.2) is 0 Å². The Morgan fingerprint density at radius 1 is 1.41 bits per heavy atom. The van der Waals surface area contributed by atoms with E-state index in [1.54, 1.807) is 0 Å². The molecule has 0 spiro atoms. The molecule has 1 aromatic rings. The van der Waals surface area contributed by atoms with Crippen LogP contribution in [0.1, 0.15) is 30.9 Å². The van der Waals surface area contributed by atoms with Crippen molar-refractivity contribution in [2.75, 3.05) is 6.54 Å². The Balaban J connectivity index is 2.27. The second-order valence-corrected chi connectivity index (χ2v) is 3.86. The van der Waals surface area contributed by atoms with Gasteiger partial charge in [0.1, 0.15) is 0 Å². The summed E-state index contributed by atoms with van der Waals surface area (Å²) in [5.74, 6) is 2.48. The molecule has 1 rings (SSSR count). The number of hydrogen-bond acceptors (Lipinski definition) is 2. The Morgan fingerprint density at radius 2 is 2.12 bits per heavy atom. The van der Waals surface area contributed by atoms with Crippen molar-refractivity contribution in [1.29, 1.82) is 0 Å². The molecule has 1 unspecified atom stereocenters. The van der Waals surface area contributed by atoms with Crippen LogP contribution in [-0.4, -0.2) is 12.5 Å². The van der Waals surface area contributed by atoms with E-state index in [2.05, 4.69) is 11.2 Å². The Labute approximate surface area is 102 Å². The highest BCUT2D eigenvalue weighted by Crippen LogP contribution is 2.14. The third-order valence-corrected chi connectivity index (χ3v) is 2.50. The third-order valence-electron chi connectivity index (χ3n) is 2.50. The van der Waals surface area contributed by atoms with Crippen LogP contribution in [0, 0.1) is 12.3 Å². The quantitative estimate of drug-likeness (QED) is 0.576. The van der Waals surface area contributed by atoms with Crippen LogP contribution >= 0.6 is 0 Å². The molecule has 0 aromatic heterocycles. The second kappa shape index (κ2) is 7.48. The smallest absolute Gasteiger partial charge is 0.220 e. The Hall–Kier alpha value is -1.79. The van der Waals surface area contributed by atoms with Crippen molar-refractivity contribution >= 4 is 5.91 Å². The summed E-state index contributed by atoms with van der Waals surface area (Å²) in [4.78, 5) is 11.4. The average molecular weight is 230 g/mol. The van der Waals surface area contributed by atoms with Crippen LogP contribution in [-0.2, 0) is 4.79 Å². The summed E-state index contributed by atoms with van der Waals surface area (Å²) in [6.45, 7) is 0.538. The normalized spacial score (nSPS) is 11.5. The summed E-state index contributed by atoms with van der Waals surface area (Å²) < 4.78 is 0. The first-order valence-corrected chi connectivity index (χ1v) is 5.74. The van der Waals surface area contributed by atoms with Gasteiger partial charge in [-0.15, -0.1) is 12.3 Å². The van der Waals surface area contributed by atoms with E-state index in [0.29, 0.717) is 25.8 Å². The van der Waals surface area contributed by atoms with Gasteiger partial charge < -0.3 is 11.1 Å². The first-order valence-electron chi connectivity index (χ1n) is 5.74. The van der Waals surface area contributed by atoms with Gasteiger partial charge in [-0.2, -0.15) is 0 Å².